The first kappa shape index (κ1) is 13.2. The first-order valence-electron chi connectivity index (χ1n) is 7.04. The Morgan fingerprint density at radius 1 is 1.09 bits per heavy atom. The average molecular weight is 306 g/mol. The van der Waals surface area contributed by atoms with Gasteiger partial charge in [-0.1, -0.05) is 6.07 Å². The van der Waals surface area contributed by atoms with E-state index in [0.29, 0.717) is 0 Å². The lowest BCUT2D eigenvalue weighted by molar-refractivity contribution is 1.17. The predicted octanol–water partition coefficient (Wildman–Crippen LogP) is 4.14. The number of imidazole rings is 1. The topological polar surface area (TPSA) is 43.1 Å². The zero-order valence-corrected chi connectivity index (χ0v) is 13.1. The van der Waals surface area contributed by atoms with Gasteiger partial charge in [-0.05, 0) is 37.6 Å². The van der Waals surface area contributed by atoms with Crippen LogP contribution in [0.25, 0.3) is 27.6 Å². The zero-order valence-electron chi connectivity index (χ0n) is 12.3. The molecule has 0 spiro atoms. The SMILES string of the molecule is Cc1ccncc1-c1nc(-c2c(C)nc3ccccn23)cs1. The third-order valence-corrected chi connectivity index (χ3v) is 4.60. The van der Waals surface area contributed by atoms with Crippen LogP contribution in [0.5, 0.6) is 0 Å². The van der Waals surface area contributed by atoms with Crippen molar-refractivity contribution in [3.8, 4) is 22.0 Å². The highest BCUT2D eigenvalue weighted by atomic mass is 32.1. The lowest BCUT2D eigenvalue weighted by atomic mass is 10.2. The summed E-state index contributed by atoms with van der Waals surface area (Å²) in [6.07, 6.45) is 5.71. The zero-order chi connectivity index (χ0) is 15.1. The van der Waals surface area contributed by atoms with E-state index in [9.17, 15) is 0 Å². The van der Waals surface area contributed by atoms with Crippen molar-refractivity contribution in [1.82, 2.24) is 19.4 Å². The van der Waals surface area contributed by atoms with Crippen LogP contribution in [-0.4, -0.2) is 19.4 Å². The van der Waals surface area contributed by atoms with E-state index in [0.717, 1.165) is 33.3 Å². The van der Waals surface area contributed by atoms with Crippen molar-refractivity contribution >= 4 is 17.0 Å². The maximum absolute atomic E-state index is 4.81. The number of fused-ring (bicyclic) bond motifs is 1. The molecular weight excluding hydrogens is 292 g/mol. The number of nitrogens with zero attached hydrogens (tertiary/aromatic N) is 4. The molecule has 0 aliphatic carbocycles. The van der Waals surface area contributed by atoms with Crippen LogP contribution in [-0.2, 0) is 0 Å². The molecule has 22 heavy (non-hydrogen) atoms. The summed E-state index contributed by atoms with van der Waals surface area (Å²) in [7, 11) is 0. The van der Waals surface area contributed by atoms with E-state index < -0.39 is 0 Å². The van der Waals surface area contributed by atoms with Crippen LogP contribution in [0.4, 0.5) is 0 Å². The third-order valence-electron chi connectivity index (χ3n) is 3.72. The van der Waals surface area contributed by atoms with Crippen molar-refractivity contribution < 1.29 is 0 Å². The number of aromatic nitrogens is 4. The number of hydrogen-bond donors (Lipinski definition) is 0. The Hall–Kier alpha value is -2.53. The summed E-state index contributed by atoms with van der Waals surface area (Å²) in [5.41, 5.74) is 6.23. The minimum atomic E-state index is 0.946. The molecule has 0 unspecified atom stereocenters. The molecule has 0 saturated carbocycles. The van der Waals surface area contributed by atoms with Gasteiger partial charge in [-0.2, -0.15) is 0 Å². The fourth-order valence-electron chi connectivity index (χ4n) is 2.62. The minimum absolute atomic E-state index is 0.946. The lowest BCUT2D eigenvalue weighted by Crippen LogP contribution is -1.89. The van der Waals surface area contributed by atoms with Crippen molar-refractivity contribution in [1.29, 1.82) is 0 Å². The van der Waals surface area contributed by atoms with Gasteiger partial charge in [-0.25, -0.2) is 9.97 Å². The fraction of sp³-hybridized carbons (Fsp3) is 0.118. The Morgan fingerprint density at radius 2 is 2.00 bits per heavy atom. The van der Waals surface area contributed by atoms with Crippen LogP contribution in [0.15, 0.2) is 48.2 Å². The van der Waals surface area contributed by atoms with E-state index in [1.807, 2.05) is 49.8 Å². The highest BCUT2D eigenvalue weighted by Gasteiger charge is 2.15. The van der Waals surface area contributed by atoms with Gasteiger partial charge in [0, 0.05) is 29.5 Å². The monoisotopic (exact) mass is 306 g/mol. The summed E-state index contributed by atoms with van der Waals surface area (Å²) in [6, 6.07) is 8.03. The van der Waals surface area contributed by atoms with Gasteiger partial charge in [0.1, 0.15) is 16.3 Å². The van der Waals surface area contributed by atoms with E-state index in [-0.39, 0.29) is 0 Å². The van der Waals surface area contributed by atoms with Crippen LogP contribution in [0, 0.1) is 13.8 Å². The van der Waals surface area contributed by atoms with E-state index in [1.54, 1.807) is 11.3 Å². The molecule has 4 aromatic rings. The quantitative estimate of drug-likeness (QED) is 0.559. The summed E-state index contributed by atoms with van der Waals surface area (Å²) in [4.78, 5) is 13.6. The fourth-order valence-corrected chi connectivity index (χ4v) is 3.50. The van der Waals surface area contributed by atoms with Crippen molar-refractivity contribution in [2.24, 2.45) is 0 Å². The van der Waals surface area contributed by atoms with Gasteiger partial charge < -0.3 is 0 Å². The Kier molecular flexibility index (Phi) is 3.01. The van der Waals surface area contributed by atoms with Gasteiger partial charge in [0.25, 0.3) is 0 Å². The van der Waals surface area contributed by atoms with E-state index in [4.69, 9.17) is 4.98 Å². The van der Waals surface area contributed by atoms with Crippen molar-refractivity contribution in [2.45, 2.75) is 13.8 Å². The number of aryl methyl sites for hydroxylation is 2. The van der Waals surface area contributed by atoms with Crippen LogP contribution in [0.1, 0.15) is 11.3 Å². The highest BCUT2D eigenvalue weighted by Crippen LogP contribution is 2.31. The number of thiazole rings is 1. The second-order valence-corrected chi connectivity index (χ2v) is 6.06. The molecule has 0 aliphatic rings. The van der Waals surface area contributed by atoms with Crippen LogP contribution in [0.3, 0.4) is 0 Å². The van der Waals surface area contributed by atoms with Gasteiger partial charge in [0.2, 0.25) is 0 Å². The molecule has 0 N–H and O–H groups in total. The van der Waals surface area contributed by atoms with Gasteiger partial charge in [-0.15, -0.1) is 11.3 Å². The van der Waals surface area contributed by atoms with Crippen LogP contribution >= 0.6 is 11.3 Å². The summed E-state index contributed by atoms with van der Waals surface area (Å²) in [5, 5.41) is 3.08. The Labute approximate surface area is 132 Å². The second kappa shape index (κ2) is 5.03. The first-order chi connectivity index (χ1) is 10.7. The summed E-state index contributed by atoms with van der Waals surface area (Å²) < 4.78 is 2.09. The molecule has 0 radical (unpaired) electrons. The highest BCUT2D eigenvalue weighted by molar-refractivity contribution is 7.13. The smallest absolute Gasteiger partial charge is 0.137 e. The maximum Gasteiger partial charge on any atom is 0.137 e. The van der Waals surface area contributed by atoms with Crippen molar-refractivity contribution in [3.05, 3.63) is 59.5 Å². The summed E-state index contributed by atoms with van der Waals surface area (Å²) in [6.45, 7) is 4.11. The summed E-state index contributed by atoms with van der Waals surface area (Å²) in [5.74, 6) is 0. The van der Waals surface area contributed by atoms with Gasteiger partial charge >= 0.3 is 0 Å². The first-order valence-corrected chi connectivity index (χ1v) is 7.92. The summed E-state index contributed by atoms with van der Waals surface area (Å²) >= 11 is 1.64. The number of rotatable bonds is 2. The molecule has 0 bridgehead atoms. The molecule has 108 valence electrons. The van der Waals surface area contributed by atoms with Gasteiger partial charge in [0.05, 0.1) is 11.4 Å². The molecule has 0 saturated heterocycles. The maximum atomic E-state index is 4.81. The van der Waals surface area contributed by atoms with Crippen molar-refractivity contribution in [3.63, 3.8) is 0 Å². The molecule has 0 aliphatic heterocycles. The van der Waals surface area contributed by atoms with Crippen molar-refractivity contribution in [2.75, 3.05) is 0 Å². The van der Waals surface area contributed by atoms with Gasteiger partial charge in [-0.3, -0.25) is 9.38 Å². The standard InChI is InChI=1S/C17H14N4S/c1-11-6-7-18-9-13(11)17-20-14(10-22-17)16-12(2)19-15-5-3-4-8-21(15)16/h3-10H,1-2H3. The Balaban J connectivity index is 1.88. The molecule has 4 aromatic heterocycles. The largest absolute Gasteiger partial charge is 0.298 e. The average Bonchev–Trinajstić information content (AvgIpc) is 3.10. The third kappa shape index (κ3) is 2.02. The van der Waals surface area contributed by atoms with E-state index in [2.05, 4.69) is 26.7 Å². The molecule has 4 heterocycles. The number of hydrogen-bond acceptors (Lipinski definition) is 4. The normalized spacial score (nSPS) is 11.2. The molecule has 0 amide bonds. The predicted molar refractivity (Wildman–Crippen MR) is 89.0 cm³/mol. The Morgan fingerprint density at radius 3 is 2.86 bits per heavy atom. The lowest BCUT2D eigenvalue weighted by Gasteiger charge is -2.01. The molecule has 0 aromatic carbocycles. The molecular formula is C17H14N4S. The molecule has 4 rings (SSSR count). The van der Waals surface area contributed by atoms with E-state index in [1.165, 1.54) is 5.56 Å². The number of pyridine rings is 2. The van der Waals surface area contributed by atoms with Crippen LogP contribution < -0.4 is 0 Å². The van der Waals surface area contributed by atoms with Crippen LogP contribution in [0.2, 0.25) is 0 Å². The molecule has 4 nitrogen and oxygen atoms in total. The van der Waals surface area contributed by atoms with E-state index >= 15 is 0 Å². The second-order valence-electron chi connectivity index (χ2n) is 5.20. The molecule has 0 atom stereocenters. The Bertz CT molecular complexity index is 968. The van der Waals surface area contributed by atoms with Gasteiger partial charge in [0.15, 0.2) is 0 Å². The molecule has 5 heteroatoms. The molecule has 0 fully saturated rings. The minimum Gasteiger partial charge on any atom is -0.298 e.